The molecule has 0 heterocycles. The van der Waals surface area contributed by atoms with Crippen molar-refractivity contribution >= 4 is 33.4 Å². The lowest BCUT2D eigenvalue weighted by molar-refractivity contribution is 0.0948. The minimum Gasteiger partial charge on any atom is -0.351 e. The zero-order valence-corrected chi connectivity index (χ0v) is 16.7. The summed E-state index contributed by atoms with van der Waals surface area (Å²) in [5, 5.41) is 5.74. The Morgan fingerprint density at radius 2 is 1.42 bits per heavy atom. The van der Waals surface area contributed by atoms with Crippen LogP contribution in [0, 0.1) is 0 Å². The Bertz CT molecular complexity index is 726. The number of nitrogens with one attached hydrogen (secondary N) is 2. The van der Waals surface area contributed by atoms with E-state index in [9.17, 15) is 9.59 Å². The topological polar surface area (TPSA) is 61.4 Å². The van der Waals surface area contributed by atoms with Gasteiger partial charge in [-0.2, -0.15) is 0 Å². The summed E-state index contributed by atoms with van der Waals surface area (Å²) in [4.78, 5) is 26.6. The van der Waals surface area contributed by atoms with Crippen LogP contribution in [0.5, 0.6) is 0 Å². The lowest BCUT2D eigenvalue weighted by Crippen LogP contribution is -2.34. The van der Waals surface area contributed by atoms with E-state index < -0.39 is 0 Å². The van der Waals surface area contributed by atoms with Gasteiger partial charge < -0.3 is 15.5 Å². The third-order valence-electron chi connectivity index (χ3n) is 4.12. The van der Waals surface area contributed by atoms with Gasteiger partial charge in [-0.05, 0) is 61.6 Å². The third-order valence-corrected chi connectivity index (χ3v) is 4.65. The number of carbonyl (C=O) groups excluding carboxylic acids is 2. The average molecular weight is 418 g/mol. The van der Waals surface area contributed by atoms with Crippen LogP contribution in [0.3, 0.4) is 0 Å². The fourth-order valence-electron chi connectivity index (χ4n) is 2.48. The molecule has 2 aromatic carbocycles. The number of anilines is 1. The van der Waals surface area contributed by atoms with Crippen molar-refractivity contribution in [2.24, 2.45) is 0 Å². The van der Waals surface area contributed by atoms with Crippen molar-refractivity contribution in [3.8, 4) is 0 Å². The SMILES string of the molecule is CCN(CC)CCNC(=O)c1ccc(NC(=O)c2ccc(Br)cc2)cc1. The summed E-state index contributed by atoms with van der Waals surface area (Å²) in [6, 6.07) is 14.0. The summed E-state index contributed by atoms with van der Waals surface area (Å²) in [5.74, 6) is -0.295. The molecule has 0 unspecified atom stereocenters. The van der Waals surface area contributed by atoms with Gasteiger partial charge in [0.05, 0.1) is 0 Å². The molecule has 2 N–H and O–H groups in total. The van der Waals surface area contributed by atoms with Crippen LogP contribution >= 0.6 is 15.9 Å². The molecular weight excluding hydrogens is 394 g/mol. The van der Waals surface area contributed by atoms with Gasteiger partial charge in [0.25, 0.3) is 11.8 Å². The van der Waals surface area contributed by atoms with Gasteiger partial charge in [0.2, 0.25) is 0 Å². The van der Waals surface area contributed by atoms with Gasteiger partial charge in [-0.3, -0.25) is 9.59 Å². The molecule has 0 aliphatic carbocycles. The lowest BCUT2D eigenvalue weighted by atomic mass is 10.1. The minimum atomic E-state index is -0.186. The normalized spacial score (nSPS) is 10.6. The molecule has 2 aromatic rings. The molecule has 0 saturated carbocycles. The van der Waals surface area contributed by atoms with Crippen molar-refractivity contribution in [3.05, 3.63) is 64.1 Å². The van der Waals surface area contributed by atoms with Gasteiger partial charge in [-0.1, -0.05) is 29.8 Å². The number of amides is 2. The Labute approximate surface area is 162 Å². The number of halogens is 1. The first-order valence-electron chi connectivity index (χ1n) is 8.71. The minimum absolute atomic E-state index is 0.108. The van der Waals surface area contributed by atoms with E-state index in [0.29, 0.717) is 23.4 Å². The lowest BCUT2D eigenvalue weighted by Gasteiger charge is -2.18. The highest BCUT2D eigenvalue weighted by molar-refractivity contribution is 9.10. The number of rotatable bonds is 8. The summed E-state index contributed by atoms with van der Waals surface area (Å²) >= 11 is 3.34. The van der Waals surface area contributed by atoms with E-state index in [1.165, 1.54) is 0 Å². The molecule has 0 aliphatic rings. The van der Waals surface area contributed by atoms with Crippen molar-refractivity contribution in [2.45, 2.75) is 13.8 Å². The van der Waals surface area contributed by atoms with Crippen LogP contribution in [-0.4, -0.2) is 42.9 Å². The summed E-state index contributed by atoms with van der Waals surface area (Å²) in [5.41, 5.74) is 1.80. The van der Waals surface area contributed by atoms with Crippen LogP contribution < -0.4 is 10.6 Å². The Morgan fingerprint density at radius 3 is 2.00 bits per heavy atom. The summed E-state index contributed by atoms with van der Waals surface area (Å²) in [6.45, 7) is 7.60. The molecule has 138 valence electrons. The van der Waals surface area contributed by atoms with Crippen LogP contribution in [0.25, 0.3) is 0 Å². The van der Waals surface area contributed by atoms with E-state index in [1.807, 2.05) is 12.1 Å². The maximum Gasteiger partial charge on any atom is 0.255 e. The number of hydrogen-bond acceptors (Lipinski definition) is 3. The molecule has 2 amide bonds. The van der Waals surface area contributed by atoms with E-state index in [4.69, 9.17) is 0 Å². The van der Waals surface area contributed by atoms with Gasteiger partial charge in [0.1, 0.15) is 0 Å². The Balaban J connectivity index is 1.88. The first kappa shape index (κ1) is 20.1. The van der Waals surface area contributed by atoms with E-state index in [0.717, 1.165) is 24.1 Å². The van der Waals surface area contributed by atoms with Crippen molar-refractivity contribution in [2.75, 3.05) is 31.5 Å². The number of carbonyl (C=O) groups is 2. The van der Waals surface area contributed by atoms with Crippen LogP contribution in [0.4, 0.5) is 5.69 Å². The highest BCUT2D eigenvalue weighted by atomic mass is 79.9. The standard InChI is InChI=1S/C20H24BrN3O2/c1-3-24(4-2)14-13-22-19(25)15-7-11-18(12-8-15)23-20(26)16-5-9-17(21)10-6-16/h5-12H,3-4,13-14H2,1-2H3,(H,22,25)(H,23,26). The zero-order chi connectivity index (χ0) is 18.9. The molecule has 0 spiro atoms. The highest BCUT2D eigenvalue weighted by Gasteiger charge is 2.08. The predicted molar refractivity (Wildman–Crippen MR) is 109 cm³/mol. The number of nitrogens with zero attached hydrogens (tertiary/aromatic N) is 1. The molecule has 0 radical (unpaired) electrons. The van der Waals surface area contributed by atoms with Crippen molar-refractivity contribution in [3.63, 3.8) is 0 Å². The van der Waals surface area contributed by atoms with Crippen molar-refractivity contribution in [1.82, 2.24) is 10.2 Å². The van der Waals surface area contributed by atoms with E-state index in [1.54, 1.807) is 36.4 Å². The quantitative estimate of drug-likeness (QED) is 0.686. The Kier molecular flexibility index (Phi) is 7.81. The van der Waals surface area contributed by atoms with Gasteiger partial charge >= 0.3 is 0 Å². The van der Waals surface area contributed by atoms with E-state index in [-0.39, 0.29) is 11.8 Å². The number of hydrogen-bond donors (Lipinski definition) is 2. The molecular formula is C20H24BrN3O2. The molecule has 0 saturated heterocycles. The second-order valence-electron chi connectivity index (χ2n) is 5.82. The smallest absolute Gasteiger partial charge is 0.255 e. The Morgan fingerprint density at radius 1 is 0.885 bits per heavy atom. The van der Waals surface area contributed by atoms with Crippen LogP contribution in [0.1, 0.15) is 34.6 Å². The van der Waals surface area contributed by atoms with E-state index >= 15 is 0 Å². The molecule has 5 nitrogen and oxygen atoms in total. The Hall–Kier alpha value is -2.18. The second-order valence-corrected chi connectivity index (χ2v) is 6.74. The molecule has 0 atom stereocenters. The highest BCUT2D eigenvalue weighted by Crippen LogP contribution is 2.14. The van der Waals surface area contributed by atoms with Gasteiger partial charge in [-0.15, -0.1) is 0 Å². The molecule has 0 fully saturated rings. The molecule has 0 bridgehead atoms. The number of likely N-dealkylation sites (N-methyl/N-ethyl adjacent to an activating group) is 1. The maximum absolute atomic E-state index is 12.2. The maximum atomic E-state index is 12.2. The molecule has 2 rings (SSSR count). The van der Waals surface area contributed by atoms with Gasteiger partial charge in [-0.25, -0.2) is 0 Å². The molecule has 0 aromatic heterocycles. The second kappa shape index (κ2) is 10.1. The van der Waals surface area contributed by atoms with Crippen molar-refractivity contribution < 1.29 is 9.59 Å². The average Bonchev–Trinajstić information content (AvgIpc) is 2.66. The molecule has 0 aliphatic heterocycles. The van der Waals surface area contributed by atoms with Crippen LogP contribution in [-0.2, 0) is 0 Å². The van der Waals surface area contributed by atoms with Crippen LogP contribution in [0.2, 0.25) is 0 Å². The van der Waals surface area contributed by atoms with Crippen molar-refractivity contribution in [1.29, 1.82) is 0 Å². The van der Waals surface area contributed by atoms with Gasteiger partial charge in [0.15, 0.2) is 0 Å². The first-order valence-corrected chi connectivity index (χ1v) is 9.50. The van der Waals surface area contributed by atoms with Gasteiger partial charge in [0, 0.05) is 34.4 Å². The molecule has 6 heteroatoms. The summed E-state index contributed by atoms with van der Waals surface area (Å²) < 4.78 is 0.922. The van der Waals surface area contributed by atoms with Crippen LogP contribution in [0.15, 0.2) is 53.0 Å². The monoisotopic (exact) mass is 417 g/mol. The van der Waals surface area contributed by atoms with E-state index in [2.05, 4.69) is 45.3 Å². The fourth-order valence-corrected chi connectivity index (χ4v) is 2.74. The number of benzene rings is 2. The predicted octanol–water partition coefficient (Wildman–Crippen LogP) is 3.77. The zero-order valence-electron chi connectivity index (χ0n) is 15.1. The first-order chi connectivity index (χ1) is 12.5. The third kappa shape index (κ3) is 5.97. The largest absolute Gasteiger partial charge is 0.351 e. The fraction of sp³-hybridized carbons (Fsp3) is 0.300. The molecule has 26 heavy (non-hydrogen) atoms. The summed E-state index contributed by atoms with van der Waals surface area (Å²) in [6.07, 6.45) is 0. The summed E-state index contributed by atoms with van der Waals surface area (Å²) in [7, 11) is 0.